The third kappa shape index (κ3) is 6.34. The van der Waals surface area contributed by atoms with Gasteiger partial charge in [-0.05, 0) is 22.9 Å². The normalized spacial score (nSPS) is 14.3. The molecule has 1 N–H and O–H groups in total. The van der Waals surface area contributed by atoms with Crippen LogP contribution in [0.25, 0.3) is 0 Å². The van der Waals surface area contributed by atoms with Crippen LogP contribution in [0.5, 0.6) is 5.75 Å². The summed E-state index contributed by atoms with van der Waals surface area (Å²) in [7, 11) is -2.23. The van der Waals surface area contributed by atoms with Gasteiger partial charge in [-0.2, -0.15) is 34.6 Å². The molecule has 7 nitrogen and oxygen atoms in total. The van der Waals surface area contributed by atoms with Crippen molar-refractivity contribution >= 4 is 15.9 Å². The Kier molecular flexibility index (Phi) is 9.90. The van der Waals surface area contributed by atoms with Crippen LogP contribution in [-0.4, -0.2) is 69.9 Å². The number of amides is 1. The van der Waals surface area contributed by atoms with Crippen LogP contribution in [0.2, 0.25) is 0 Å². The first-order valence-corrected chi connectivity index (χ1v) is 11.0. The second kappa shape index (κ2) is 11.9. The monoisotopic (exact) mass is 505 g/mol. The summed E-state index contributed by atoms with van der Waals surface area (Å²) in [5.41, 5.74) is 0.895. The molecule has 1 fully saturated rings. The van der Waals surface area contributed by atoms with E-state index in [9.17, 15) is 13.2 Å². The number of carbonyl (C=O) groups is 1. The number of sulfonamides is 1. The number of nitrogens with zero attached hydrogens (tertiary/aromatic N) is 2. The zero-order valence-electron chi connectivity index (χ0n) is 17.1. The summed E-state index contributed by atoms with van der Waals surface area (Å²) >= 11 is 0. The van der Waals surface area contributed by atoms with Crippen molar-refractivity contribution < 1.29 is 50.7 Å². The molecule has 0 bridgehead atoms. The van der Waals surface area contributed by atoms with Gasteiger partial charge in [0.2, 0.25) is 15.9 Å². The van der Waals surface area contributed by atoms with Gasteiger partial charge < -0.3 is 15.0 Å². The Balaban J connectivity index is 0.00000320. The third-order valence-corrected chi connectivity index (χ3v) is 6.79. The zero-order chi connectivity index (χ0) is 20.7. The van der Waals surface area contributed by atoms with Gasteiger partial charge in [-0.1, -0.05) is 18.2 Å². The SMILES string of the molecule is COc1ccccc1CCN(CC(=O)N1CCNCC1)S(=O)(=O)c1cc[c-]cc1.[Y]. The van der Waals surface area contributed by atoms with Gasteiger partial charge in [0.05, 0.1) is 13.7 Å². The van der Waals surface area contributed by atoms with E-state index in [1.807, 2.05) is 24.3 Å². The van der Waals surface area contributed by atoms with Crippen molar-refractivity contribution in [3.8, 4) is 5.75 Å². The number of methoxy groups -OCH3 is 1. The van der Waals surface area contributed by atoms with E-state index in [1.54, 1.807) is 24.1 Å². The molecule has 9 heteroatoms. The van der Waals surface area contributed by atoms with Crippen LogP contribution in [0.1, 0.15) is 5.56 Å². The Labute approximate surface area is 203 Å². The third-order valence-electron chi connectivity index (χ3n) is 4.93. The molecular formula is C21H26N3O4SY-. The van der Waals surface area contributed by atoms with Gasteiger partial charge in [-0.3, -0.25) is 4.79 Å². The van der Waals surface area contributed by atoms with Gasteiger partial charge in [0.1, 0.15) is 5.75 Å². The fourth-order valence-electron chi connectivity index (χ4n) is 3.30. The van der Waals surface area contributed by atoms with Crippen LogP contribution < -0.4 is 10.1 Å². The molecule has 1 radical (unpaired) electrons. The van der Waals surface area contributed by atoms with E-state index in [0.717, 1.165) is 5.56 Å². The number of carbonyl (C=O) groups excluding carboxylic acids is 1. The second-order valence-corrected chi connectivity index (χ2v) is 8.70. The number of para-hydroxylation sites is 1. The number of benzene rings is 2. The Morgan fingerprint density at radius 1 is 1.17 bits per heavy atom. The molecule has 1 heterocycles. The smallest absolute Gasteiger partial charge is 0.237 e. The van der Waals surface area contributed by atoms with Crippen molar-refractivity contribution in [2.24, 2.45) is 0 Å². The van der Waals surface area contributed by atoms with Crippen LogP contribution in [0.15, 0.2) is 53.4 Å². The molecular weight excluding hydrogens is 479 g/mol. The maximum absolute atomic E-state index is 13.2. The summed E-state index contributed by atoms with van der Waals surface area (Å²) in [6, 6.07) is 16.4. The zero-order valence-corrected chi connectivity index (χ0v) is 20.7. The fraction of sp³-hybridized carbons (Fsp3) is 0.381. The molecule has 1 saturated heterocycles. The summed E-state index contributed by atoms with van der Waals surface area (Å²) in [6.07, 6.45) is 0.442. The van der Waals surface area contributed by atoms with Gasteiger partial charge >= 0.3 is 0 Å². The first kappa shape index (κ1) is 24.9. The number of hydrogen-bond donors (Lipinski definition) is 1. The van der Waals surface area contributed by atoms with Crippen molar-refractivity contribution in [1.29, 1.82) is 0 Å². The van der Waals surface area contributed by atoms with Crippen LogP contribution in [-0.2, 0) is 53.9 Å². The Bertz CT molecular complexity index is 919. The largest absolute Gasteiger partial charge is 0.496 e. The summed E-state index contributed by atoms with van der Waals surface area (Å²) in [4.78, 5) is 14.6. The van der Waals surface area contributed by atoms with E-state index >= 15 is 0 Å². The first-order valence-electron chi connectivity index (χ1n) is 9.59. The molecule has 0 saturated carbocycles. The van der Waals surface area contributed by atoms with Crippen LogP contribution >= 0.6 is 0 Å². The van der Waals surface area contributed by atoms with Gasteiger partial charge in [0.25, 0.3) is 0 Å². The summed E-state index contributed by atoms with van der Waals surface area (Å²) in [5.74, 6) is 0.519. The minimum absolute atomic E-state index is 0. The van der Waals surface area contributed by atoms with Crippen LogP contribution in [0.3, 0.4) is 0 Å². The van der Waals surface area contributed by atoms with Crippen molar-refractivity contribution in [3.05, 3.63) is 60.2 Å². The Hall–Kier alpha value is -1.32. The first-order chi connectivity index (χ1) is 14.0. The fourth-order valence-corrected chi connectivity index (χ4v) is 4.69. The van der Waals surface area contributed by atoms with Crippen molar-refractivity contribution in [2.45, 2.75) is 11.3 Å². The number of rotatable bonds is 8. The maximum atomic E-state index is 13.2. The van der Waals surface area contributed by atoms with Gasteiger partial charge in [-0.25, -0.2) is 8.42 Å². The van der Waals surface area contributed by atoms with Crippen molar-refractivity contribution in [3.63, 3.8) is 0 Å². The van der Waals surface area contributed by atoms with Crippen LogP contribution in [0, 0.1) is 6.07 Å². The molecule has 159 valence electrons. The average Bonchev–Trinajstić information content (AvgIpc) is 2.77. The molecule has 1 amide bonds. The quantitative estimate of drug-likeness (QED) is 0.545. The van der Waals surface area contributed by atoms with Gasteiger partial charge in [0.15, 0.2) is 0 Å². The molecule has 0 atom stereocenters. The second-order valence-electron chi connectivity index (χ2n) is 6.77. The van der Waals surface area contributed by atoms with E-state index in [2.05, 4.69) is 11.4 Å². The molecule has 0 unspecified atom stereocenters. The van der Waals surface area contributed by atoms with E-state index < -0.39 is 10.0 Å². The number of hydrogen-bond acceptors (Lipinski definition) is 5. The van der Waals surface area contributed by atoms with Crippen molar-refractivity contribution in [1.82, 2.24) is 14.5 Å². The predicted octanol–water partition coefficient (Wildman–Crippen LogP) is 1.16. The standard InChI is InChI=1S/C21H26N3O4S.Y/c1-28-20-10-6-5-7-18(20)11-14-24(17-21(25)23-15-12-22-13-16-23)29(26,27)19-8-3-2-4-9-19;/h3-10,22H,11-17H2,1H3;/q-1;. The molecule has 2 aromatic carbocycles. The molecule has 1 aliphatic heterocycles. The van der Waals surface area contributed by atoms with Gasteiger partial charge in [0, 0.05) is 65.4 Å². The Morgan fingerprint density at radius 3 is 2.50 bits per heavy atom. The molecule has 30 heavy (non-hydrogen) atoms. The van der Waals surface area contributed by atoms with Crippen molar-refractivity contribution in [2.75, 3.05) is 46.4 Å². The van der Waals surface area contributed by atoms with E-state index in [1.165, 1.54) is 16.4 Å². The molecule has 0 aromatic heterocycles. The summed E-state index contributed by atoms with van der Waals surface area (Å²) in [5, 5.41) is 3.20. The minimum Gasteiger partial charge on any atom is -0.496 e. The van der Waals surface area contributed by atoms with E-state index in [-0.39, 0.29) is 56.6 Å². The topological polar surface area (TPSA) is 79.0 Å². The number of piperazine rings is 1. The van der Waals surface area contributed by atoms with Gasteiger partial charge in [-0.15, -0.1) is 0 Å². The molecule has 3 rings (SSSR count). The van der Waals surface area contributed by atoms with Crippen LogP contribution in [0.4, 0.5) is 0 Å². The summed E-state index contributed by atoms with van der Waals surface area (Å²) in [6.45, 7) is 2.59. The number of ether oxygens (including phenoxy) is 1. The summed E-state index contributed by atoms with van der Waals surface area (Å²) < 4.78 is 33.1. The molecule has 2 aromatic rings. The van der Waals surface area contributed by atoms with E-state index in [4.69, 9.17) is 4.74 Å². The maximum Gasteiger partial charge on any atom is 0.237 e. The minimum atomic E-state index is -3.82. The molecule has 1 aliphatic rings. The number of nitrogens with one attached hydrogen (secondary N) is 1. The average molecular weight is 505 g/mol. The Morgan fingerprint density at radius 2 is 1.83 bits per heavy atom. The van der Waals surface area contributed by atoms with E-state index in [0.29, 0.717) is 38.3 Å². The molecule has 0 spiro atoms. The predicted molar refractivity (Wildman–Crippen MR) is 110 cm³/mol. The molecule has 0 aliphatic carbocycles.